The average Bonchev–Trinajstić information content (AvgIpc) is 3.21. The Bertz CT molecular complexity index is 546. The van der Waals surface area contributed by atoms with Crippen LogP contribution >= 0.6 is 0 Å². The molecule has 0 amide bonds. The molecule has 3 atom stereocenters. The van der Waals surface area contributed by atoms with Gasteiger partial charge in [-0.2, -0.15) is 0 Å². The van der Waals surface area contributed by atoms with Gasteiger partial charge in [0.25, 0.3) is 0 Å². The van der Waals surface area contributed by atoms with Gasteiger partial charge in [-0.3, -0.25) is 9.69 Å². The summed E-state index contributed by atoms with van der Waals surface area (Å²) in [5.41, 5.74) is 0.845. The van der Waals surface area contributed by atoms with Crippen LogP contribution in [-0.4, -0.2) is 46.8 Å². The predicted molar refractivity (Wildman–Crippen MR) is 80.1 cm³/mol. The van der Waals surface area contributed by atoms with E-state index in [0.29, 0.717) is 25.4 Å². The molecule has 3 unspecified atom stereocenters. The van der Waals surface area contributed by atoms with Gasteiger partial charge in [0.2, 0.25) is 0 Å². The molecule has 1 aliphatic carbocycles. The SMILES string of the molecule is O=C(O)C(CC1CC1)N1CC(CO)C(c2cccc(F)c2)C1. The number of carbonyl (C=O) groups is 1. The van der Waals surface area contributed by atoms with Crippen molar-refractivity contribution < 1.29 is 19.4 Å². The molecule has 120 valence electrons. The summed E-state index contributed by atoms with van der Waals surface area (Å²) in [5.74, 6) is -0.601. The Morgan fingerprint density at radius 1 is 1.36 bits per heavy atom. The van der Waals surface area contributed by atoms with Crippen LogP contribution < -0.4 is 0 Å². The van der Waals surface area contributed by atoms with Gasteiger partial charge in [0.1, 0.15) is 11.9 Å². The third-order valence-corrected chi connectivity index (χ3v) is 4.96. The zero-order valence-corrected chi connectivity index (χ0v) is 12.5. The van der Waals surface area contributed by atoms with Crippen LogP contribution in [-0.2, 0) is 4.79 Å². The first-order valence-electron chi connectivity index (χ1n) is 7.91. The van der Waals surface area contributed by atoms with Gasteiger partial charge >= 0.3 is 5.97 Å². The number of nitrogens with zero attached hydrogens (tertiary/aromatic N) is 1. The molecule has 2 aliphatic rings. The number of aliphatic carboxylic acids is 1. The molecule has 5 heteroatoms. The van der Waals surface area contributed by atoms with Crippen LogP contribution in [0.5, 0.6) is 0 Å². The van der Waals surface area contributed by atoms with Crippen LogP contribution in [0.25, 0.3) is 0 Å². The van der Waals surface area contributed by atoms with Crippen molar-refractivity contribution in [1.29, 1.82) is 0 Å². The topological polar surface area (TPSA) is 60.8 Å². The van der Waals surface area contributed by atoms with Crippen molar-refractivity contribution >= 4 is 5.97 Å². The Hall–Kier alpha value is -1.46. The molecule has 2 fully saturated rings. The lowest BCUT2D eigenvalue weighted by molar-refractivity contribution is -0.143. The van der Waals surface area contributed by atoms with Gasteiger partial charge in [0, 0.05) is 31.5 Å². The van der Waals surface area contributed by atoms with Crippen molar-refractivity contribution in [2.75, 3.05) is 19.7 Å². The van der Waals surface area contributed by atoms with Crippen LogP contribution in [0.4, 0.5) is 4.39 Å². The summed E-state index contributed by atoms with van der Waals surface area (Å²) in [5, 5.41) is 19.1. The number of aliphatic hydroxyl groups is 1. The highest BCUT2D eigenvalue weighted by Gasteiger charge is 2.41. The van der Waals surface area contributed by atoms with E-state index >= 15 is 0 Å². The van der Waals surface area contributed by atoms with E-state index < -0.39 is 12.0 Å². The summed E-state index contributed by atoms with van der Waals surface area (Å²) in [7, 11) is 0. The second-order valence-corrected chi connectivity index (χ2v) is 6.59. The van der Waals surface area contributed by atoms with Gasteiger partial charge in [-0.05, 0) is 30.0 Å². The Balaban J connectivity index is 1.76. The molecular formula is C17H22FNO3. The van der Waals surface area contributed by atoms with Gasteiger partial charge < -0.3 is 10.2 Å². The molecule has 3 rings (SSSR count). The van der Waals surface area contributed by atoms with E-state index in [2.05, 4.69) is 0 Å². The molecule has 1 saturated heterocycles. The van der Waals surface area contributed by atoms with E-state index in [1.165, 1.54) is 12.1 Å². The van der Waals surface area contributed by atoms with Crippen LogP contribution in [0, 0.1) is 17.7 Å². The van der Waals surface area contributed by atoms with Crippen molar-refractivity contribution in [3.05, 3.63) is 35.6 Å². The fraction of sp³-hybridized carbons (Fsp3) is 0.588. The summed E-state index contributed by atoms with van der Waals surface area (Å²) in [6.45, 7) is 1.12. The maximum Gasteiger partial charge on any atom is 0.320 e. The molecule has 1 heterocycles. The van der Waals surface area contributed by atoms with Crippen molar-refractivity contribution in [3.8, 4) is 0 Å². The fourth-order valence-electron chi connectivity index (χ4n) is 3.53. The van der Waals surface area contributed by atoms with Crippen molar-refractivity contribution in [1.82, 2.24) is 4.90 Å². The molecule has 1 aromatic carbocycles. The Kier molecular flexibility index (Phi) is 4.45. The summed E-state index contributed by atoms with van der Waals surface area (Å²) in [6, 6.07) is 5.93. The molecule has 0 spiro atoms. The third-order valence-electron chi connectivity index (χ3n) is 4.96. The Morgan fingerprint density at radius 3 is 2.73 bits per heavy atom. The predicted octanol–water partition coefficient (Wildman–Crippen LogP) is 2.09. The number of hydrogen-bond acceptors (Lipinski definition) is 3. The number of hydrogen-bond donors (Lipinski definition) is 2. The number of benzene rings is 1. The van der Waals surface area contributed by atoms with E-state index in [9.17, 15) is 19.4 Å². The number of likely N-dealkylation sites (tertiary alicyclic amines) is 1. The molecule has 0 bridgehead atoms. The number of carboxylic acid groups (broad SMARTS) is 1. The molecule has 1 saturated carbocycles. The van der Waals surface area contributed by atoms with Gasteiger partial charge in [-0.25, -0.2) is 4.39 Å². The molecule has 22 heavy (non-hydrogen) atoms. The molecular weight excluding hydrogens is 285 g/mol. The molecule has 0 radical (unpaired) electrons. The van der Waals surface area contributed by atoms with E-state index in [4.69, 9.17) is 0 Å². The minimum Gasteiger partial charge on any atom is -0.480 e. The summed E-state index contributed by atoms with van der Waals surface area (Å²) in [4.78, 5) is 13.5. The molecule has 0 aromatic heterocycles. The minimum atomic E-state index is -0.788. The second kappa shape index (κ2) is 6.34. The minimum absolute atomic E-state index is 0.00650. The van der Waals surface area contributed by atoms with Gasteiger partial charge in [-0.1, -0.05) is 25.0 Å². The smallest absolute Gasteiger partial charge is 0.320 e. The monoisotopic (exact) mass is 307 g/mol. The number of aliphatic hydroxyl groups excluding tert-OH is 1. The summed E-state index contributed by atoms with van der Waals surface area (Å²) >= 11 is 0. The lowest BCUT2D eigenvalue weighted by atomic mass is 9.89. The maximum atomic E-state index is 13.4. The van der Waals surface area contributed by atoms with Crippen molar-refractivity contribution in [2.45, 2.75) is 31.2 Å². The van der Waals surface area contributed by atoms with Crippen LogP contribution in [0.1, 0.15) is 30.7 Å². The lowest BCUT2D eigenvalue weighted by Crippen LogP contribution is -2.40. The molecule has 2 N–H and O–H groups in total. The highest BCUT2D eigenvalue weighted by Crippen LogP contribution is 2.38. The zero-order chi connectivity index (χ0) is 15.7. The zero-order valence-electron chi connectivity index (χ0n) is 12.5. The first-order chi connectivity index (χ1) is 10.6. The maximum absolute atomic E-state index is 13.4. The first-order valence-corrected chi connectivity index (χ1v) is 7.91. The highest BCUT2D eigenvalue weighted by atomic mass is 19.1. The van der Waals surface area contributed by atoms with Crippen LogP contribution in [0.15, 0.2) is 24.3 Å². The highest BCUT2D eigenvalue weighted by molar-refractivity contribution is 5.73. The quantitative estimate of drug-likeness (QED) is 0.845. The van der Waals surface area contributed by atoms with Crippen molar-refractivity contribution in [3.63, 3.8) is 0 Å². The number of carboxylic acids is 1. The average molecular weight is 307 g/mol. The molecule has 4 nitrogen and oxygen atoms in total. The largest absolute Gasteiger partial charge is 0.480 e. The van der Waals surface area contributed by atoms with E-state index in [-0.39, 0.29) is 24.3 Å². The number of rotatable bonds is 6. The Labute approximate surface area is 129 Å². The van der Waals surface area contributed by atoms with Gasteiger partial charge in [-0.15, -0.1) is 0 Å². The summed E-state index contributed by atoms with van der Waals surface area (Å²) in [6.07, 6.45) is 2.92. The lowest BCUT2D eigenvalue weighted by Gasteiger charge is -2.24. The molecule has 1 aromatic rings. The van der Waals surface area contributed by atoms with E-state index in [1.54, 1.807) is 6.07 Å². The van der Waals surface area contributed by atoms with Gasteiger partial charge in [0.15, 0.2) is 0 Å². The van der Waals surface area contributed by atoms with E-state index in [1.807, 2.05) is 11.0 Å². The standard InChI is InChI=1S/C17H22FNO3/c18-14-3-1-2-12(7-14)15-9-19(8-13(15)10-20)16(17(21)22)6-11-4-5-11/h1-3,7,11,13,15-16,20H,4-6,8-10H2,(H,21,22). The van der Waals surface area contributed by atoms with Gasteiger partial charge in [0.05, 0.1) is 0 Å². The molecule has 1 aliphatic heterocycles. The summed E-state index contributed by atoms with van der Waals surface area (Å²) < 4.78 is 13.4. The number of halogens is 1. The third kappa shape index (κ3) is 3.31. The first kappa shape index (κ1) is 15.4. The fourth-order valence-corrected chi connectivity index (χ4v) is 3.53. The van der Waals surface area contributed by atoms with Crippen LogP contribution in [0.2, 0.25) is 0 Å². The van der Waals surface area contributed by atoms with Crippen molar-refractivity contribution in [2.24, 2.45) is 11.8 Å². The Morgan fingerprint density at radius 2 is 2.14 bits per heavy atom. The van der Waals surface area contributed by atoms with Crippen LogP contribution in [0.3, 0.4) is 0 Å². The van der Waals surface area contributed by atoms with E-state index in [0.717, 1.165) is 18.4 Å². The normalized spacial score (nSPS) is 27.0. The second-order valence-electron chi connectivity index (χ2n) is 6.59.